The van der Waals surface area contributed by atoms with Gasteiger partial charge >= 0.3 is 13.1 Å². The van der Waals surface area contributed by atoms with Gasteiger partial charge in [-0.05, 0) is 56.4 Å². The second-order valence-corrected chi connectivity index (χ2v) is 7.34. The van der Waals surface area contributed by atoms with Crippen molar-refractivity contribution < 1.29 is 19.2 Å². The molecule has 24 heavy (non-hydrogen) atoms. The highest BCUT2D eigenvalue weighted by Crippen LogP contribution is 2.38. The van der Waals surface area contributed by atoms with Crippen molar-refractivity contribution in [2.45, 2.75) is 45.3 Å². The zero-order valence-corrected chi connectivity index (χ0v) is 15.2. The summed E-state index contributed by atoms with van der Waals surface area (Å²) >= 11 is 6.05. The molecule has 1 saturated heterocycles. The maximum Gasteiger partial charge on any atom is 0.491 e. The number of carboxylic acids is 1. The zero-order valence-electron chi connectivity index (χ0n) is 14.4. The number of halogens is 1. The summed E-state index contributed by atoms with van der Waals surface area (Å²) in [4.78, 5) is 10.9. The molecule has 1 heterocycles. The minimum Gasteiger partial charge on any atom is -0.481 e. The van der Waals surface area contributed by atoms with Gasteiger partial charge < -0.3 is 20.1 Å². The molecule has 1 aliphatic heterocycles. The summed E-state index contributed by atoms with van der Waals surface area (Å²) in [6, 6.07) is 5.25. The van der Waals surface area contributed by atoms with Crippen LogP contribution in [0.5, 0.6) is 0 Å². The van der Waals surface area contributed by atoms with Crippen LogP contribution in [0, 0.1) is 0 Å². The zero-order chi connectivity index (χ0) is 18.1. The molecule has 0 amide bonds. The maximum absolute atomic E-state index is 10.9. The van der Waals surface area contributed by atoms with Gasteiger partial charge in [-0.2, -0.15) is 0 Å². The van der Waals surface area contributed by atoms with Crippen LogP contribution in [0.1, 0.15) is 38.8 Å². The number of carboxylic acid groups (broad SMARTS) is 1. The lowest BCUT2D eigenvalue weighted by molar-refractivity contribution is -0.136. The molecule has 1 aromatic carbocycles. The Kier molecular flexibility index (Phi) is 5.45. The first kappa shape index (κ1) is 19.0. The monoisotopic (exact) mass is 351 g/mol. The third-order valence-corrected chi connectivity index (χ3v) is 4.92. The summed E-state index contributed by atoms with van der Waals surface area (Å²) in [5.41, 5.74) is 7.15. The van der Waals surface area contributed by atoms with E-state index >= 15 is 0 Å². The summed E-state index contributed by atoms with van der Waals surface area (Å²) in [6.45, 7) is 8.19. The van der Waals surface area contributed by atoms with Crippen molar-refractivity contribution >= 4 is 30.8 Å². The molecule has 1 aliphatic rings. The lowest BCUT2D eigenvalue weighted by Gasteiger charge is -2.32. The minimum absolute atomic E-state index is 0.130. The maximum atomic E-state index is 10.9. The van der Waals surface area contributed by atoms with E-state index in [1.165, 1.54) is 0 Å². The summed E-state index contributed by atoms with van der Waals surface area (Å²) in [5.74, 6) is -0.928. The van der Waals surface area contributed by atoms with E-state index in [0.717, 1.165) is 11.0 Å². The van der Waals surface area contributed by atoms with E-state index in [1.807, 2.05) is 39.8 Å². The van der Waals surface area contributed by atoms with E-state index in [0.29, 0.717) is 10.6 Å². The summed E-state index contributed by atoms with van der Waals surface area (Å²) in [6.07, 6.45) is 1.73. The number of carbonyl (C=O) groups is 1. The molecular weight excluding hydrogens is 328 g/mol. The molecule has 0 unspecified atom stereocenters. The van der Waals surface area contributed by atoms with Gasteiger partial charge in [-0.3, -0.25) is 4.79 Å². The van der Waals surface area contributed by atoms with Crippen LogP contribution in [0.3, 0.4) is 0 Å². The van der Waals surface area contributed by atoms with Gasteiger partial charge in [0.05, 0.1) is 17.6 Å². The third-order valence-electron chi connectivity index (χ3n) is 4.56. The SMILES string of the molecule is CC1(C)OB(C(=Cc2ccc(Cl)c(CC(=O)O)c2)CN)OC1(C)C. The van der Waals surface area contributed by atoms with Crippen molar-refractivity contribution in [2.75, 3.05) is 6.54 Å². The molecule has 0 radical (unpaired) electrons. The molecule has 2 rings (SSSR count). The number of aliphatic carboxylic acids is 1. The second kappa shape index (κ2) is 6.88. The van der Waals surface area contributed by atoms with Crippen molar-refractivity contribution in [3.05, 3.63) is 39.8 Å². The standard InChI is InChI=1S/C17H23BClNO4/c1-16(2)17(3,4)24-18(23-16)13(10-20)8-11-5-6-14(19)12(7-11)9-15(21)22/h5-8H,9-10,20H2,1-4H3,(H,21,22). The Hall–Kier alpha value is -1.34. The summed E-state index contributed by atoms with van der Waals surface area (Å²) in [7, 11) is -0.529. The van der Waals surface area contributed by atoms with Crippen molar-refractivity contribution in [1.29, 1.82) is 0 Å². The van der Waals surface area contributed by atoms with E-state index in [1.54, 1.807) is 12.1 Å². The van der Waals surface area contributed by atoms with Crippen LogP contribution in [0.15, 0.2) is 23.7 Å². The van der Waals surface area contributed by atoms with Gasteiger partial charge in [0, 0.05) is 11.6 Å². The third kappa shape index (κ3) is 4.01. The lowest BCUT2D eigenvalue weighted by Crippen LogP contribution is -2.41. The molecule has 0 saturated carbocycles. The highest BCUT2D eigenvalue weighted by atomic mass is 35.5. The van der Waals surface area contributed by atoms with Gasteiger partial charge in [0.2, 0.25) is 0 Å². The molecule has 0 atom stereocenters. The van der Waals surface area contributed by atoms with Crippen LogP contribution < -0.4 is 5.73 Å². The largest absolute Gasteiger partial charge is 0.491 e. The van der Waals surface area contributed by atoms with Crippen LogP contribution in [0.4, 0.5) is 0 Å². The summed E-state index contributed by atoms with van der Waals surface area (Å²) < 4.78 is 12.0. The molecular formula is C17H23BClNO4. The highest BCUT2D eigenvalue weighted by molar-refractivity contribution is 6.55. The quantitative estimate of drug-likeness (QED) is 0.797. The predicted molar refractivity (Wildman–Crippen MR) is 95.9 cm³/mol. The topological polar surface area (TPSA) is 81.8 Å². The number of hydrogen-bond acceptors (Lipinski definition) is 4. The normalized spacial score (nSPS) is 19.6. The Morgan fingerprint density at radius 1 is 1.29 bits per heavy atom. The Morgan fingerprint density at radius 2 is 1.88 bits per heavy atom. The van der Waals surface area contributed by atoms with Crippen LogP contribution in [-0.2, 0) is 20.5 Å². The molecule has 1 aromatic rings. The van der Waals surface area contributed by atoms with E-state index in [4.69, 9.17) is 31.7 Å². The average Bonchev–Trinajstić information content (AvgIpc) is 2.67. The fraction of sp³-hybridized carbons (Fsp3) is 0.471. The molecule has 5 nitrogen and oxygen atoms in total. The number of benzene rings is 1. The fourth-order valence-corrected chi connectivity index (χ4v) is 2.60. The van der Waals surface area contributed by atoms with Gasteiger partial charge in [0.25, 0.3) is 0 Å². The Labute approximate surface area is 147 Å². The van der Waals surface area contributed by atoms with Crippen LogP contribution in [0.25, 0.3) is 6.08 Å². The van der Waals surface area contributed by atoms with Gasteiger partial charge in [0.1, 0.15) is 0 Å². The van der Waals surface area contributed by atoms with E-state index in [9.17, 15) is 4.79 Å². The van der Waals surface area contributed by atoms with E-state index < -0.39 is 24.3 Å². The molecule has 1 fully saturated rings. The first-order valence-corrected chi connectivity index (χ1v) is 8.20. The Bertz CT molecular complexity index is 657. The van der Waals surface area contributed by atoms with Gasteiger partial charge in [-0.15, -0.1) is 0 Å². The van der Waals surface area contributed by atoms with Crippen molar-refractivity contribution in [3.63, 3.8) is 0 Å². The average molecular weight is 352 g/mol. The van der Waals surface area contributed by atoms with Crippen molar-refractivity contribution in [2.24, 2.45) is 5.73 Å². The van der Waals surface area contributed by atoms with E-state index in [-0.39, 0.29) is 13.0 Å². The molecule has 0 bridgehead atoms. The lowest BCUT2D eigenvalue weighted by atomic mass is 9.77. The Balaban J connectivity index is 2.30. The smallest absolute Gasteiger partial charge is 0.481 e. The van der Waals surface area contributed by atoms with Crippen LogP contribution in [-0.4, -0.2) is 35.9 Å². The van der Waals surface area contributed by atoms with Crippen LogP contribution in [0.2, 0.25) is 5.02 Å². The van der Waals surface area contributed by atoms with Gasteiger partial charge in [-0.1, -0.05) is 23.7 Å². The molecule has 130 valence electrons. The first-order valence-electron chi connectivity index (χ1n) is 7.82. The highest BCUT2D eigenvalue weighted by Gasteiger charge is 2.52. The molecule has 0 aromatic heterocycles. The predicted octanol–water partition coefficient (Wildman–Crippen LogP) is 2.94. The number of nitrogens with two attached hydrogens (primary N) is 1. The summed E-state index contributed by atoms with van der Waals surface area (Å²) in [5, 5.41) is 9.39. The minimum atomic E-state index is -0.928. The van der Waals surface area contributed by atoms with Gasteiger partial charge in [-0.25, -0.2) is 0 Å². The van der Waals surface area contributed by atoms with Gasteiger partial charge in [0.15, 0.2) is 0 Å². The Morgan fingerprint density at radius 3 is 2.38 bits per heavy atom. The molecule has 3 N–H and O–H groups in total. The first-order chi connectivity index (χ1) is 11.1. The molecule has 7 heteroatoms. The molecule has 0 spiro atoms. The van der Waals surface area contributed by atoms with Crippen molar-refractivity contribution in [1.82, 2.24) is 0 Å². The number of hydrogen-bond donors (Lipinski definition) is 2. The van der Waals surface area contributed by atoms with E-state index in [2.05, 4.69) is 0 Å². The van der Waals surface area contributed by atoms with Crippen LogP contribution >= 0.6 is 11.6 Å². The number of rotatable bonds is 5. The van der Waals surface area contributed by atoms with Crippen molar-refractivity contribution in [3.8, 4) is 0 Å². The second-order valence-electron chi connectivity index (χ2n) is 6.93. The fourth-order valence-electron chi connectivity index (χ4n) is 2.41. The molecule has 0 aliphatic carbocycles.